The van der Waals surface area contributed by atoms with Gasteiger partial charge in [0.2, 0.25) is 5.13 Å². The number of anilines is 1. The van der Waals surface area contributed by atoms with Crippen molar-refractivity contribution in [3.05, 3.63) is 47.9 Å². The van der Waals surface area contributed by atoms with E-state index in [-0.39, 0.29) is 0 Å². The molecule has 4 rings (SSSR count). The van der Waals surface area contributed by atoms with E-state index in [0.717, 1.165) is 32.8 Å². The Morgan fingerprint density at radius 1 is 1.33 bits per heavy atom. The number of furan rings is 1. The summed E-state index contributed by atoms with van der Waals surface area (Å²) in [5.74, 6) is 3.20. The number of nitrogens with one attached hydrogen (secondary N) is 1. The van der Waals surface area contributed by atoms with Crippen LogP contribution in [0.25, 0.3) is 10.2 Å². The monoisotopic (exact) mass is 297 g/mol. The first-order valence-corrected chi connectivity index (χ1v) is 7.85. The van der Waals surface area contributed by atoms with Gasteiger partial charge in [-0.25, -0.2) is 4.98 Å². The van der Waals surface area contributed by atoms with Gasteiger partial charge in [0.1, 0.15) is 11.5 Å². The molecule has 2 aromatic heterocycles. The largest absolute Gasteiger partial charge is 0.460 e. The minimum Gasteiger partial charge on any atom is -0.460 e. The summed E-state index contributed by atoms with van der Waals surface area (Å²) in [5, 5.41) is 4.99. The van der Waals surface area contributed by atoms with Crippen molar-refractivity contribution < 1.29 is 4.42 Å². The van der Waals surface area contributed by atoms with Gasteiger partial charge >= 0.3 is 0 Å². The lowest BCUT2D eigenvalue weighted by atomic mass is 10.3. The number of aromatic nitrogens is 1. The molecule has 0 spiro atoms. The molecule has 1 aliphatic carbocycles. The summed E-state index contributed by atoms with van der Waals surface area (Å²) >= 11 is 1.59. The summed E-state index contributed by atoms with van der Waals surface area (Å²) < 4.78 is 6.92. The fourth-order valence-corrected chi connectivity index (χ4v) is 3.24. The molecule has 1 fully saturated rings. The van der Waals surface area contributed by atoms with Crippen LogP contribution in [0.15, 0.2) is 45.9 Å². The van der Waals surface area contributed by atoms with Crippen LogP contribution in [-0.2, 0) is 0 Å². The average Bonchev–Trinajstić information content (AvgIpc) is 2.92. The zero-order chi connectivity index (χ0) is 14.2. The van der Waals surface area contributed by atoms with Crippen LogP contribution in [0.1, 0.15) is 30.8 Å². The van der Waals surface area contributed by atoms with Gasteiger partial charge in [0, 0.05) is 5.92 Å². The molecule has 1 aliphatic rings. The average molecular weight is 297 g/mol. The van der Waals surface area contributed by atoms with E-state index < -0.39 is 0 Å². The maximum atomic E-state index is 5.77. The molecule has 0 bridgehead atoms. The van der Waals surface area contributed by atoms with E-state index in [1.54, 1.807) is 17.6 Å². The van der Waals surface area contributed by atoms with Crippen molar-refractivity contribution in [2.45, 2.75) is 19.3 Å². The SMILES string of the molecule is C[C@H]1C[C@@H]1c1ccc(/C=N\Nc2nc3ccccc3s2)o1. The minimum absolute atomic E-state index is 0.601. The van der Waals surface area contributed by atoms with Crippen LogP contribution in [0.2, 0.25) is 0 Å². The number of hydrogen-bond donors (Lipinski definition) is 1. The lowest BCUT2D eigenvalue weighted by molar-refractivity contribution is 0.500. The Morgan fingerprint density at radius 2 is 2.19 bits per heavy atom. The molecular weight excluding hydrogens is 282 g/mol. The summed E-state index contributed by atoms with van der Waals surface area (Å²) in [4.78, 5) is 4.46. The van der Waals surface area contributed by atoms with Crippen LogP contribution in [-0.4, -0.2) is 11.2 Å². The number of para-hydroxylation sites is 1. The third-order valence-electron chi connectivity index (χ3n) is 3.77. The summed E-state index contributed by atoms with van der Waals surface area (Å²) in [6.07, 6.45) is 2.93. The molecule has 2 heterocycles. The zero-order valence-corrected chi connectivity index (χ0v) is 12.4. The molecular formula is C16H15N3OS. The van der Waals surface area contributed by atoms with Crippen LogP contribution >= 0.6 is 11.3 Å². The second kappa shape index (κ2) is 5.00. The third kappa shape index (κ3) is 2.56. The van der Waals surface area contributed by atoms with Gasteiger partial charge in [-0.2, -0.15) is 5.10 Å². The number of nitrogens with zero attached hydrogens (tertiary/aromatic N) is 2. The maximum Gasteiger partial charge on any atom is 0.204 e. The van der Waals surface area contributed by atoms with E-state index >= 15 is 0 Å². The molecule has 5 heteroatoms. The number of benzene rings is 1. The maximum absolute atomic E-state index is 5.77. The highest BCUT2D eigenvalue weighted by Gasteiger charge is 2.36. The normalized spacial score (nSPS) is 21.2. The number of hydrogen-bond acceptors (Lipinski definition) is 5. The number of hydrazone groups is 1. The first-order chi connectivity index (χ1) is 10.3. The first-order valence-electron chi connectivity index (χ1n) is 7.04. The van der Waals surface area contributed by atoms with Crippen molar-refractivity contribution in [2.24, 2.45) is 11.0 Å². The van der Waals surface area contributed by atoms with Crippen molar-refractivity contribution in [3.8, 4) is 0 Å². The lowest BCUT2D eigenvalue weighted by Crippen LogP contribution is -1.88. The number of fused-ring (bicyclic) bond motifs is 1. The van der Waals surface area contributed by atoms with E-state index in [0.29, 0.717) is 5.92 Å². The Hall–Kier alpha value is -2.14. The molecule has 1 aromatic carbocycles. The lowest BCUT2D eigenvalue weighted by Gasteiger charge is -1.92. The smallest absolute Gasteiger partial charge is 0.204 e. The Labute approximate surface area is 126 Å². The predicted molar refractivity (Wildman–Crippen MR) is 86.1 cm³/mol. The van der Waals surface area contributed by atoms with E-state index in [2.05, 4.69) is 28.5 Å². The molecule has 1 N–H and O–H groups in total. The second-order valence-electron chi connectivity index (χ2n) is 5.42. The Morgan fingerprint density at radius 3 is 3.00 bits per heavy atom. The van der Waals surface area contributed by atoms with Crippen LogP contribution < -0.4 is 5.43 Å². The number of rotatable bonds is 4. The Balaban J connectivity index is 1.44. The molecule has 21 heavy (non-hydrogen) atoms. The highest BCUT2D eigenvalue weighted by atomic mass is 32.1. The van der Waals surface area contributed by atoms with Crippen molar-refractivity contribution in [1.29, 1.82) is 0 Å². The molecule has 0 amide bonds. The highest BCUT2D eigenvalue weighted by molar-refractivity contribution is 7.22. The molecule has 0 saturated heterocycles. The Kier molecular flexibility index (Phi) is 3.00. The summed E-state index contributed by atoms with van der Waals surface area (Å²) in [6, 6.07) is 12.1. The van der Waals surface area contributed by atoms with Gasteiger partial charge in [0.05, 0.1) is 16.4 Å². The second-order valence-corrected chi connectivity index (χ2v) is 6.45. The molecule has 4 nitrogen and oxygen atoms in total. The standard InChI is InChI=1S/C16H15N3OS/c1-10-8-12(10)14-7-6-11(20-14)9-17-19-16-18-13-4-2-3-5-15(13)21-16/h2-7,9-10,12H,8H2,1H3,(H,18,19)/b17-9-/t10-,12-/m0/s1. The first kappa shape index (κ1) is 12.6. The molecule has 0 radical (unpaired) electrons. The van der Waals surface area contributed by atoms with Gasteiger partial charge in [-0.1, -0.05) is 30.4 Å². The van der Waals surface area contributed by atoms with Crippen molar-refractivity contribution >= 4 is 32.9 Å². The molecule has 0 aliphatic heterocycles. The molecule has 2 atom stereocenters. The summed E-state index contributed by atoms with van der Waals surface area (Å²) in [5.41, 5.74) is 3.95. The van der Waals surface area contributed by atoms with Crippen LogP contribution in [0, 0.1) is 5.92 Å². The van der Waals surface area contributed by atoms with E-state index in [1.165, 1.54) is 6.42 Å². The van der Waals surface area contributed by atoms with Crippen molar-refractivity contribution in [2.75, 3.05) is 5.43 Å². The molecule has 1 saturated carbocycles. The fourth-order valence-electron chi connectivity index (χ4n) is 2.43. The van der Waals surface area contributed by atoms with Gasteiger partial charge in [-0.05, 0) is 36.6 Å². The summed E-state index contributed by atoms with van der Waals surface area (Å²) in [7, 11) is 0. The van der Waals surface area contributed by atoms with Gasteiger partial charge in [0.25, 0.3) is 0 Å². The quantitative estimate of drug-likeness (QED) is 0.571. The van der Waals surface area contributed by atoms with Crippen LogP contribution in [0.5, 0.6) is 0 Å². The van der Waals surface area contributed by atoms with Crippen molar-refractivity contribution in [3.63, 3.8) is 0 Å². The molecule has 0 unspecified atom stereocenters. The van der Waals surface area contributed by atoms with E-state index in [9.17, 15) is 0 Å². The summed E-state index contributed by atoms with van der Waals surface area (Å²) in [6.45, 7) is 2.25. The van der Waals surface area contributed by atoms with Gasteiger partial charge < -0.3 is 4.42 Å². The van der Waals surface area contributed by atoms with E-state index in [1.807, 2.05) is 30.3 Å². The van der Waals surface area contributed by atoms with Crippen molar-refractivity contribution in [1.82, 2.24) is 4.98 Å². The topological polar surface area (TPSA) is 50.4 Å². The zero-order valence-electron chi connectivity index (χ0n) is 11.6. The molecule has 3 aromatic rings. The fraction of sp³-hybridized carbons (Fsp3) is 0.250. The van der Waals surface area contributed by atoms with Crippen LogP contribution in [0.3, 0.4) is 0 Å². The number of thiazole rings is 1. The predicted octanol–water partition coefficient (Wildman–Crippen LogP) is 4.46. The Bertz CT molecular complexity index is 772. The molecule has 106 valence electrons. The van der Waals surface area contributed by atoms with Gasteiger partial charge in [-0.15, -0.1) is 0 Å². The minimum atomic E-state index is 0.601. The van der Waals surface area contributed by atoms with Crippen LogP contribution in [0.4, 0.5) is 5.13 Å². The highest BCUT2D eigenvalue weighted by Crippen LogP contribution is 2.47. The third-order valence-corrected chi connectivity index (χ3v) is 4.71. The van der Waals surface area contributed by atoms with E-state index in [4.69, 9.17) is 4.42 Å². The van der Waals surface area contributed by atoms with Gasteiger partial charge in [-0.3, -0.25) is 5.43 Å². The van der Waals surface area contributed by atoms with Gasteiger partial charge in [0.15, 0.2) is 0 Å².